The minimum absolute atomic E-state index is 0.123. The lowest BCUT2D eigenvalue weighted by molar-refractivity contribution is -0.140. The zero-order chi connectivity index (χ0) is 15.1. The lowest BCUT2D eigenvalue weighted by Gasteiger charge is -2.16. The first-order valence-corrected chi connectivity index (χ1v) is 6.78. The minimum Gasteiger partial charge on any atom is -0.469 e. The molecule has 0 radical (unpaired) electrons. The lowest BCUT2D eigenvalue weighted by Crippen LogP contribution is -2.34. The van der Waals surface area contributed by atoms with E-state index in [2.05, 4.69) is 15.0 Å². The number of hydrogen-bond donors (Lipinski definition) is 2. The third-order valence-electron chi connectivity index (χ3n) is 2.62. The van der Waals surface area contributed by atoms with Crippen LogP contribution in [-0.4, -0.2) is 25.6 Å². The third-order valence-corrected chi connectivity index (χ3v) is 3.18. The Morgan fingerprint density at radius 3 is 2.80 bits per heavy atom. The van der Waals surface area contributed by atoms with Gasteiger partial charge in [-0.05, 0) is 24.6 Å². The van der Waals surface area contributed by atoms with Gasteiger partial charge >= 0.3 is 5.97 Å². The van der Waals surface area contributed by atoms with Gasteiger partial charge in [0.15, 0.2) is 5.96 Å². The summed E-state index contributed by atoms with van der Waals surface area (Å²) in [6.45, 7) is 2.17. The van der Waals surface area contributed by atoms with Gasteiger partial charge in [0.1, 0.15) is 0 Å². The van der Waals surface area contributed by atoms with Crippen molar-refractivity contribution >= 4 is 35.1 Å². The maximum Gasteiger partial charge on any atom is 0.307 e. The second kappa shape index (κ2) is 7.97. The van der Waals surface area contributed by atoms with Crippen LogP contribution in [0.5, 0.6) is 0 Å². The van der Waals surface area contributed by atoms with E-state index in [1.165, 1.54) is 7.11 Å². The molecule has 0 saturated heterocycles. The van der Waals surface area contributed by atoms with Crippen molar-refractivity contribution in [3.05, 3.63) is 33.8 Å². The maximum atomic E-state index is 10.9. The Bertz CT molecular complexity index is 506. The van der Waals surface area contributed by atoms with Crippen molar-refractivity contribution in [2.45, 2.75) is 19.4 Å². The van der Waals surface area contributed by atoms with Crippen molar-refractivity contribution in [1.29, 1.82) is 0 Å². The number of nitrogens with two attached hydrogens (primary N) is 1. The molecule has 0 aliphatic heterocycles. The summed E-state index contributed by atoms with van der Waals surface area (Å²) in [6, 6.07) is 5.12. The van der Waals surface area contributed by atoms with Crippen LogP contribution in [0.4, 0.5) is 0 Å². The summed E-state index contributed by atoms with van der Waals surface area (Å²) >= 11 is 11.9. The molecule has 0 heterocycles. The van der Waals surface area contributed by atoms with E-state index < -0.39 is 0 Å². The van der Waals surface area contributed by atoms with Crippen LogP contribution < -0.4 is 11.1 Å². The summed E-state index contributed by atoms with van der Waals surface area (Å²) in [7, 11) is 1.33. The molecule has 0 aromatic heterocycles. The molecule has 0 aliphatic carbocycles. The van der Waals surface area contributed by atoms with E-state index in [0.717, 1.165) is 5.56 Å². The minimum atomic E-state index is -0.324. The molecule has 1 rings (SSSR count). The van der Waals surface area contributed by atoms with E-state index >= 15 is 0 Å². The predicted molar refractivity (Wildman–Crippen MR) is 81.1 cm³/mol. The van der Waals surface area contributed by atoms with Gasteiger partial charge in [0.2, 0.25) is 0 Å². The molecular formula is C13H17Cl2N3O2. The number of rotatable bonds is 5. The highest BCUT2D eigenvalue weighted by molar-refractivity contribution is 6.35. The molecule has 0 saturated carbocycles. The SMILES string of the molecule is COC(=O)CCN=C(N)NC(C)c1ccc(Cl)cc1Cl. The van der Waals surface area contributed by atoms with E-state index in [-0.39, 0.29) is 30.9 Å². The molecule has 0 spiro atoms. The molecule has 0 fully saturated rings. The topological polar surface area (TPSA) is 76.7 Å². The van der Waals surface area contributed by atoms with Crippen molar-refractivity contribution < 1.29 is 9.53 Å². The fraction of sp³-hybridized carbons (Fsp3) is 0.385. The normalized spacial score (nSPS) is 12.9. The molecule has 7 heteroatoms. The van der Waals surface area contributed by atoms with Crippen molar-refractivity contribution in [2.75, 3.05) is 13.7 Å². The summed E-state index contributed by atoms with van der Waals surface area (Å²) in [5, 5.41) is 4.13. The number of carbonyl (C=O) groups is 1. The van der Waals surface area contributed by atoms with Crippen molar-refractivity contribution in [3.63, 3.8) is 0 Å². The largest absolute Gasteiger partial charge is 0.469 e. The Morgan fingerprint density at radius 1 is 1.50 bits per heavy atom. The van der Waals surface area contributed by atoms with E-state index in [0.29, 0.717) is 10.0 Å². The number of halogens is 2. The van der Waals surface area contributed by atoms with Gasteiger partial charge in [-0.15, -0.1) is 0 Å². The fourth-order valence-corrected chi connectivity index (χ4v) is 2.14. The summed E-state index contributed by atoms with van der Waals surface area (Å²) in [6.07, 6.45) is 0.189. The van der Waals surface area contributed by atoms with Crippen LogP contribution in [0.15, 0.2) is 23.2 Å². The van der Waals surface area contributed by atoms with Crippen molar-refractivity contribution in [1.82, 2.24) is 5.32 Å². The zero-order valence-electron chi connectivity index (χ0n) is 11.3. The van der Waals surface area contributed by atoms with Crippen LogP contribution in [0.3, 0.4) is 0 Å². The number of esters is 1. The molecule has 20 heavy (non-hydrogen) atoms. The average Bonchev–Trinajstić information content (AvgIpc) is 2.38. The van der Waals surface area contributed by atoms with Crippen LogP contribution in [0.25, 0.3) is 0 Å². The van der Waals surface area contributed by atoms with Crippen LogP contribution >= 0.6 is 23.2 Å². The Kier molecular flexibility index (Phi) is 6.61. The summed E-state index contributed by atoms with van der Waals surface area (Å²) in [4.78, 5) is 15.0. The number of ether oxygens (including phenoxy) is 1. The average molecular weight is 318 g/mol. The smallest absolute Gasteiger partial charge is 0.307 e. The van der Waals surface area contributed by atoms with E-state index in [1.54, 1.807) is 12.1 Å². The lowest BCUT2D eigenvalue weighted by atomic mass is 10.1. The second-order valence-corrected chi connectivity index (χ2v) is 4.97. The number of nitrogens with zero attached hydrogens (tertiary/aromatic N) is 1. The first-order chi connectivity index (χ1) is 9.43. The summed E-state index contributed by atoms with van der Waals surface area (Å²) in [5.74, 6) is -0.0808. The highest BCUT2D eigenvalue weighted by Gasteiger charge is 2.10. The first-order valence-electron chi connectivity index (χ1n) is 6.02. The van der Waals surface area contributed by atoms with E-state index in [1.807, 2.05) is 13.0 Å². The van der Waals surface area contributed by atoms with Gasteiger partial charge in [0.05, 0.1) is 26.1 Å². The van der Waals surface area contributed by atoms with Gasteiger partial charge < -0.3 is 15.8 Å². The molecule has 5 nitrogen and oxygen atoms in total. The zero-order valence-corrected chi connectivity index (χ0v) is 12.8. The number of hydrogen-bond acceptors (Lipinski definition) is 3. The molecule has 1 aromatic carbocycles. The molecule has 1 unspecified atom stereocenters. The van der Waals surface area contributed by atoms with Gasteiger partial charge in [0, 0.05) is 10.0 Å². The van der Waals surface area contributed by atoms with Crippen molar-refractivity contribution in [2.24, 2.45) is 10.7 Å². The molecule has 3 N–H and O–H groups in total. The molecular weight excluding hydrogens is 301 g/mol. The van der Waals surface area contributed by atoms with E-state index in [9.17, 15) is 4.79 Å². The number of carbonyl (C=O) groups excluding carboxylic acids is 1. The number of nitrogens with one attached hydrogen (secondary N) is 1. The van der Waals surface area contributed by atoms with E-state index in [4.69, 9.17) is 28.9 Å². The third kappa shape index (κ3) is 5.27. The summed E-state index contributed by atoms with van der Waals surface area (Å²) < 4.78 is 4.51. The molecule has 1 atom stereocenters. The Balaban J connectivity index is 2.58. The van der Waals surface area contributed by atoms with Crippen LogP contribution in [0.2, 0.25) is 10.0 Å². The monoisotopic (exact) mass is 317 g/mol. The molecule has 1 aromatic rings. The quantitative estimate of drug-likeness (QED) is 0.497. The molecule has 0 amide bonds. The first kappa shape index (κ1) is 16.6. The Hall–Kier alpha value is -1.46. The second-order valence-electron chi connectivity index (χ2n) is 4.12. The predicted octanol–water partition coefficient (Wildman–Crippen LogP) is 2.52. The van der Waals surface area contributed by atoms with Gasteiger partial charge in [-0.25, -0.2) is 0 Å². The molecule has 0 bridgehead atoms. The van der Waals surface area contributed by atoms with Crippen LogP contribution in [-0.2, 0) is 9.53 Å². The number of benzene rings is 1. The number of methoxy groups -OCH3 is 1. The van der Waals surface area contributed by atoms with Crippen LogP contribution in [0.1, 0.15) is 24.9 Å². The Labute approximate surface area is 128 Å². The van der Waals surface area contributed by atoms with Gasteiger partial charge in [0.25, 0.3) is 0 Å². The number of aliphatic imine (C=N–C) groups is 1. The molecule has 0 aliphatic rings. The van der Waals surface area contributed by atoms with Crippen LogP contribution in [0, 0.1) is 0 Å². The highest BCUT2D eigenvalue weighted by Crippen LogP contribution is 2.25. The Morgan fingerprint density at radius 2 is 2.20 bits per heavy atom. The fourth-order valence-electron chi connectivity index (χ4n) is 1.57. The van der Waals surface area contributed by atoms with Crippen molar-refractivity contribution in [3.8, 4) is 0 Å². The number of guanidine groups is 1. The van der Waals surface area contributed by atoms with Gasteiger partial charge in [-0.3, -0.25) is 9.79 Å². The molecule has 110 valence electrons. The van der Waals surface area contributed by atoms with Gasteiger partial charge in [-0.1, -0.05) is 29.3 Å². The maximum absolute atomic E-state index is 10.9. The van der Waals surface area contributed by atoms with Gasteiger partial charge in [-0.2, -0.15) is 0 Å². The summed E-state index contributed by atoms with van der Waals surface area (Å²) in [5.41, 5.74) is 6.60. The standard InChI is InChI=1S/C13H17Cl2N3O2/c1-8(10-4-3-9(14)7-11(10)15)18-13(16)17-6-5-12(19)20-2/h3-4,7-8H,5-6H2,1-2H3,(H3,16,17,18). The highest BCUT2D eigenvalue weighted by atomic mass is 35.5.